The Bertz CT molecular complexity index is 1020. The quantitative estimate of drug-likeness (QED) is 0.497. The maximum atomic E-state index is 5.76. The third kappa shape index (κ3) is 2.43. The fraction of sp³-hybridized carbons (Fsp3) is 0. The van der Waals surface area contributed by atoms with Crippen molar-refractivity contribution < 1.29 is 0 Å². The second kappa shape index (κ2) is 5.74. The van der Waals surface area contributed by atoms with Crippen LogP contribution in [0, 0.1) is 4.64 Å². The van der Waals surface area contributed by atoms with Crippen LogP contribution >= 0.6 is 12.2 Å². The lowest BCUT2D eigenvalue weighted by Gasteiger charge is -2.14. The molecule has 2 aromatic heterocycles. The van der Waals surface area contributed by atoms with Crippen LogP contribution in [-0.2, 0) is 0 Å². The summed E-state index contributed by atoms with van der Waals surface area (Å²) in [4.78, 5) is 9.27. The number of hydrogen-bond donors (Lipinski definition) is 0. The summed E-state index contributed by atoms with van der Waals surface area (Å²) in [5.41, 5.74) is 2.66. The van der Waals surface area contributed by atoms with Crippen molar-refractivity contribution in [3.8, 4) is 17.2 Å². The molecule has 0 aliphatic rings. The van der Waals surface area contributed by atoms with Crippen LogP contribution in [0.1, 0.15) is 0 Å². The Labute approximate surface area is 138 Å². The number of rotatable bonds is 2. The molecule has 0 radical (unpaired) electrons. The molecule has 0 spiro atoms. The van der Waals surface area contributed by atoms with Gasteiger partial charge in [0.05, 0.1) is 5.52 Å². The number of nitrogens with zero attached hydrogens (tertiary/aromatic N) is 3. The topological polar surface area (TPSA) is 30.7 Å². The molecule has 2 aromatic carbocycles. The summed E-state index contributed by atoms with van der Waals surface area (Å²) in [6.45, 7) is 0. The first-order chi connectivity index (χ1) is 11.3. The molecule has 23 heavy (non-hydrogen) atoms. The third-order valence-corrected chi connectivity index (χ3v) is 4.09. The monoisotopic (exact) mass is 315 g/mol. The van der Waals surface area contributed by atoms with Gasteiger partial charge in [0.1, 0.15) is 10.3 Å². The predicted molar refractivity (Wildman–Crippen MR) is 95.1 cm³/mol. The van der Waals surface area contributed by atoms with E-state index in [2.05, 4.69) is 4.98 Å². The molecular weight excluding hydrogens is 302 g/mol. The molecule has 0 unspecified atom stereocenters. The Hall–Kier alpha value is -2.85. The van der Waals surface area contributed by atoms with Gasteiger partial charge in [0.15, 0.2) is 5.82 Å². The van der Waals surface area contributed by atoms with Crippen molar-refractivity contribution in [3.63, 3.8) is 0 Å². The van der Waals surface area contributed by atoms with Gasteiger partial charge < -0.3 is 0 Å². The van der Waals surface area contributed by atoms with Crippen molar-refractivity contribution >= 4 is 23.1 Å². The van der Waals surface area contributed by atoms with Crippen LogP contribution < -0.4 is 0 Å². The van der Waals surface area contributed by atoms with Gasteiger partial charge in [0.2, 0.25) is 0 Å². The fourth-order valence-electron chi connectivity index (χ4n) is 2.62. The Morgan fingerprint density at radius 3 is 2.30 bits per heavy atom. The van der Waals surface area contributed by atoms with Crippen molar-refractivity contribution in [2.75, 3.05) is 0 Å². The molecule has 0 aliphatic heterocycles. The predicted octanol–water partition coefficient (Wildman–Crippen LogP) is 4.82. The molecule has 2 heterocycles. The second-order valence-corrected chi connectivity index (χ2v) is 5.53. The lowest BCUT2D eigenvalue weighted by atomic mass is 10.2. The molecule has 0 saturated heterocycles. The SMILES string of the molecule is S=c1c2ccccc2nc(-c2ccccn2)n1-c1ccccc1. The van der Waals surface area contributed by atoms with E-state index in [4.69, 9.17) is 17.2 Å². The van der Waals surface area contributed by atoms with E-state index in [9.17, 15) is 0 Å². The van der Waals surface area contributed by atoms with Crippen LogP contribution in [0.3, 0.4) is 0 Å². The van der Waals surface area contributed by atoms with Crippen molar-refractivity contribution in [1.29, 1.82) is 0 Å². The summed E-state index contributed by atoms with van der Waals surface area (Å²) in [6.07, 6.45) is 1.77. The number of para-hydroxylation sites is 2. The summed E-state index contributed by atoms with van der Waals surface area (Å²) >= 11 is 5.76. The van der Waals surface area contributed by atoms with Crippen LogP contribution in [0.4, 0.5) is 0 Å². The van der Waals surface area contributed by atoms with Crippen LogP contribution in [0.2, 0.25) is 0 Å². The Balaban J connectivity index is 2.14. The highest BCUT2D eigenvalue weighted by Crippen LogP contribution is 2.25. The highest BCUT2D eigenvalue weighted by Gasteiger charge is 2.12. The molecule has 0 fully saturated rings. The van der Waals surface area contributed by atoms with Gasteiger partial charge in [-0.15, -0.1) is 0 Å². The molecule has 4 rings (SSSR count). The van der Waals surface area contributed by atoms with Gasteiger partial charge in [-0.25, -0.2) is 4.98 Å². The van der Waals surface area contributed by atoms with E-state index in [0.29, 0.717) is 0 Å². The molecule has 110 valence electrons. The standard InChI is InChI=1S/C19H13N3S/c23-19-15-10-4-5-11-16(15)21-18(17-12-6-7-13-20-17)22(19)14-8-2-1-3-9-14/h1-13H. The van der Waals surface area contributed by atoms with E-state index < -0.39 is 0 Å². The largest absolute Gasteiger partial charge is 0.283 e. The number of pyridine rings is 1. The first-order valence-electron chi connectivity index (χ1n) is 7.33. The molecule has 0 bridgehead atoms. The summed E-state index contributed by atoms with van der Waals surface area (Å²) in [6, 6.07) is 23.8. The van der Waals surface area contributed by atoms with E-state index in [0.717, 1.165) is 32.7 Å². The summed E-state index contributed by atoms with van der Waals surface area (Å²) < 4.78 is 2.72. The minimum Gasteiger partial charge on any atom is -0.283 e. The molecule has 4 aromatic rings. The Morgan fingerprint density at radius 1 is 0.783 bits per heavy atom. The first kappa shape index (κ1) is 13.8. The normalized spacial score (nSPS) is 10.8. The zero-order valence-corrected chi connectivity index (χ0v) is 13.1. The van der Waals surface area contributed by atoms with E-state index in [1.807, 2.05) is 77.4 Å². The second-order valence-electron chi connectivity index (χ2n) is 5.14. The molecule has 3 nitrogen and oxygen atoms in total. The van der Waals surface area contributed by atoms with Crippen LogP contribution in [0.25, 0.3) is 28.1 Å². The Kier molecular flexibility index (Phi) is 3.44. The number of fused-ring (bicyclic) bond motifs is 1. The van der Waals surface area contributed by atoms with Gasteiger partial charge in [-0.1, -0.05) is 48.6 Å². The van der Waals surface area contributed by atoms with Gasteiger partial charge in [0, 0.05) is 17.3 Å². The smallest absolute Gasteiger partial charge is 0.164 e. The van der Waals surface area contributed by atoms with Crippen LogP contribution in [-0.4, -0.2) is 14.5 Å². The van der Waals surface area contributed by atoms with Crippen molar-refractivity contribution in [2.24, 2.45) is 0 Å². The lowest BCUT2D eigenvalue weighted by Crippen LogP contribution is -2.06. The fourth-order valence-corrected chi connectivity index (χ4v) is 2.98. The number of benzene rings is 2. The lowest BCUT2D eigenvalue weighted by molar-refractivity contribution is 0.991. The highest BCUT2D eigenvalue weighted by atomic mass is 32.1. The molecule has 0 N–H and O–H groups in total. The zero-order chi connectivity index (χ0) is 15.6. The maximum absolute atomic E-state index is 5.76. The maximum Gasteiger partial charge on any atom is 0.164 e. The van der Waals surface area contributed by atoms with E-state index >= 15 is 0 Å². The van der Waals surface area contributed by atoms with Crippen molar-refractivity contribution in [3.05, 3.63) is 83.6 Å². The van der Waals surface area contributed by atoms with Gasteiger partial charge in [0.25, 0.3) is 0 Å². The third-order valence-electron chi connectivity index (χ3n) is 3.68. The van der Waals surface area contributed by atoms with Gasteiger partial charge in [-0.2, -0.15) is 0 Å². The molecule has 0 amide bonds. The molecule has 4 heteroatoms. The molecule has 0 aliphatic carbocycles. The molecular formula is C19H13N3S. The average molecular weight is 315 g/mol. The van der Waals surface area contributed by atoms with E-state index in [-0.39, 0.29) is 0 Å². The van der Waals surface area contributed by atoms with Gasteiger partial charge in [-0.3, -0.25) is 9.55 Å². The van der Waals surface area contributed by atoms with Crippen LogP contribution in [0.15, 0.2) is 79.0 Å². The van der Waals surface area contributed by atoms with Crippen molar-refractivity contribution in [2.45, 2.75) is 0 Å². The number of aromatic nitrogens is 3. The minimum atomic E-state index is 0.738. The van der Waals surface area contributed by atoms with Gasteiger partial charge in [-0.05, 0) is 36.4 Å². The summed E-state index contributed by atoms with van der Waals surface area (Å²) in [5.74, 6) is 0.750. The zero-order valence-electron chi connectivity index (χ0n) is 12.3. The van der Waals surface area contributed by atoms with E-state index in [1.165, 1.54) is 0 Å². The van der Waals surface area contributed by atoms with Crippen LogP contribution in [0.5, 0.6) is 0 Å². The van der Waals surface area contributed by atoms with Gasteiger partial charge >= 0.3 is 0 Å². The average Bonchev–Trinajstić information content (AvgIpc) is 2.63. The first-order valence-corrected chi connectivity index (χ1v) is 7.74. The summed E-state index contributed by atoms with van der Waals surface area (Å²) in [7, 11) is 0. The molecule has 0 atom stereocenters. The summed E-state index contributed by atoms with van der Waals surface area (Å²) in [5, 5.41) is 0.964. The van der Waals surface area contributed by atoms with E-state index in [1.54, 1.807) is 6.20 Å². The number of hydrogen-bond acceptors (Lipinski definition) is 3. The molecule has 0 saturated carbocycles. The van der Waals surface area contributed by atoms with Crippen molar-refractivity contribution in [1.82, 2.24) is 14.5 Å². The minimum absolute atomic E-state index is 0.738. The highest BCUT2D eigenvalue weighted by molar-refractivity contribution is 7.71. The Morgan fingerprint density at radius 2 is 1.52 bits per heavy atom.